The Morgan fingerprint density at radius 1 is 1.14 bits per heavy atom. The van der Waals surface area contributed by atoms with Gasteiger partial charge in [0.25, 0.3) is 0 Å². The Balaban J connectivity index is 1.69. The number of aryl methyl sites for hydroxylation is 2. The maximum atomic E-state index is 6.19. The molecule has 1 atom stereocenters. The number of piperidine rings is 1. The predicted molar refractivity (Wildman–Crippen MR) is 94.3 cm³/mol. The number of hydrogen-bond donors (Lipinski definition) is 1. The fourth-order valence-corrected chi connectivity index (χ4v) is 4.48. The van der Waals surface area contributed by atoms with E-state index >= 15 is 0 Å². The van der Waals surface area contributed by atoms with E-state index in [1.54, 1.807) is 11.1 Å². The van der Waals surface area contributed by atoms with Crippen molar-refractivity contribution in [3.05, 3.63) is 34.9 Å². The van der Waals surface area contributed by atoms with Crippen LogP contribution in [0.1, 0.15) is 61.6 Å². The second kappa shape index (κ2) is 7.61. The molecule has 1 heterocycles. The minimum Gasteiger partial charge on any atom is -0.330 e. The summed E-state index contributed by atoms with van der Waals surface area (Å²) in [6.45, 7) is 6.87. The molecular weight excluding hydrogens is 268 g/mol. The van der Waals surface area contributed by atoms with Gasteiger partial charge in [-0.1, -0.05) is 25.1 Å². The van der Waals surface area contributed by atoms with Crippen LogP contribution < -0.4 is 5.73 Å². The van der Waals surface area contributed by atoms with Gasteiger partial charge in [-0.3, -0.25) is 0 Å². The number of hydrogen-bond acceptors (Lipinski definition) is 2. The lowest BCUT2D eigenvalue weighted by Gasteiger charge is -2.36. The predicted octanol–water partition coefficient (Wildman–Crippen LogP) is 3.73. The Morgan fingerprint density at radius 3 is 2.55 bits per heavy atom. The van der Waals surface area contributed by atoms with Crippen molar-refractivity contribution >= 4 is 0 Å². The molecule has 0 saturated carbocycles. The summed E-state index contributed by atoms with van der Waals surface area (Å²) >= 11 is 0. The number of likely N-dealkylation sites (tertiary alicyclic amines) is 1. The molecule has 0 amide bonds. The fourth-order valence-electron chi connectivity index (χ4n) is 4.48. The van der Waals surface area contributed by atoms with Crippen LogP contribution in [0.3, 0.4) is 0 Å². The average Bonchev–Trinajstić information content (AvgIpc) is 2.57. The highest BCUT2D eigenvalue weighted by atomic mass is 15.1. The van der Waals surface area contributed by atoms with Gasteiger partial charge < -0.3 is 10.6 Å². The van der Waals surface area contributed by atoms with Gasteiger partial charge in [0.05, 0.1) is 0 Å². The quantitative estimate of drug-likeness (QED) is 0.898. The Kier molecular flexibility index (Phi) is 5.54. The van der Waals surface area contributed by atoms with Gasteiger partial charge in [0.15, 0.2) is 0 Å². The van der Waals surface area contributed by atoms with Crippen LogP contribution in [0.5, 0.6) is 0 Å². The Morgan fingerprint density at radius 2 is 1.86 bits per heavy atom. The van der Waals surface area contributed by atoms with Crippen LogP contribution in [-0.4, -0.2) is 31.1 Å². The van der Waals surface area contributed by atoms with Crippen molar-refractivity contribution in [3.8, 4) is 0 Å². The topological polar surface area (TPSA) is 29.3 Å². The zero-order chi connectivity index (χ0) is 15.4. The lowest BCUT2D eigenvalue weighted by Crippen LogP contribution is -2.37. The molecule has 0 radical (unpaired) electrons. The second-order valence-electron chi connectivity index (χ2n) is 7.26. The van der Waals surface area contributed by atoms with Gasteiger partial charge in [0, 0.05) is 0 Å². The summed E-state index contributed by atoms with van der Waals surface area (Å²) < 4.78 is 0. The smallest absolute Gasteiger partial charge is 0.000555 e. The van der Waals surface area contributed by atoms with Gasteiger partial charge >= 0.3 is 0 Å². The summed E-state index contributed by atoms with van der Waals surface area (Å²) in [6.07, 6.45) is 9.18. The number of rotatable bonds is 5. The minimum absolute atomic E-state index is 0.566. The Labute approximate surface area is 136 Å². The van der Waals surface area contributed by atoms with E-state index < -0.39 is 0 Å². The van der Waals surface area contributed by atoms with Gasteiger partial charge in [-0.2, -0.15) is 0 Å². The highest BCUT2D eigenvalue weighted by Gasteiger charge is 2.27. The summed E-state index contributed by atoms with van der Waals surface area (Å²) in [6, 6.07) is 7.25. The third kappa shape index (κ3) is 3.55. The normalized spacial score (nSPS) is 21.5. The molecule has 122 valence electrons. The highest BCUT2D eigenvalue weighted by Crippen LogP contribution is 2.34. The molecule has 3 rings (SSSR count). The van der Waals surface area contributed by atoms with Crippen molar-refractivity contribution in [3.63, 3.8) is 0 Å². The SMILES string of the molecule is CCCN1CCC(C(CN)c2ccc3c(c2)CCCC3)CC1. The molecule has 1 aliphatic carbocycles. The van der Waals surface area contributed by atoms with Crippen molar-refractivity contribution in [2.45, 2.75) is 57.8 Å². The van der Waals surface area contributed by atoms with Crippen LogP contribution in [0.15, 0.2) is 18.2 Å². The molecule has 2 aliphatic rings. The van der Waals surface area contributed by atoms with Crippen LogP contribution >= 0.6 is 0 Å². The molecule has 0 bridgehead atoms. The number of nitrogens with zero attached hydrogens (tertiary/aromatic N) is 1. The first-order chi connectivity index (χ1) is 10.8. The molecule has 1 unspecified atom stereocenters. The van der Waals surface area contributed by atoms with Crippen molar-refractivity contribution in [2.75, 3.05) is 26.2 Å². The highest BCUT2D eigenvalue weighted by molar-refractivity contribution is 5.36. The molecular formula is C20H32N2. The molecule has 1 aliphatic heterocycles. The van der Waals surface area contributed by atoms with E-state index in [2.05, 4.69) is 30.0 Å². The van der Waals surface area contributed by atoms with Crippen LogP contribution in [0.25, 0.3) is 0 Å². The standard InChI is InChI=1S/C20H32N2/c1-2-11-22-12-9-17(10-13-22)20(15-21)19-8-7-16-5-3-4-6-18(16)14-19/h7-8,14,17,20H,2-6,9-13,15,21H2,1H3. The van der Waals surface area contributed by atoms with E-state index in [1.165, 1.54) is 70.1 Å². The lowest BCUT2D eigenvalue weighted by molar-refractivity contribution is 0.169. The molecule has 2 heteroatoms. The average molecular weight is 300 g/mol. The fraction of sp³-hybridized carbons (Fsp3) is 0.700. The van der Waals surface area contributed by atoms with Gasteiger partial charge in [-0.25, -0.2) is 0 Å². The Bertz CT molecular complexity index is 475. The first-order valence-electron chi connectivity index (χ1n) is 9.36. The van der Waals surface area contributed by atoms with E-state index in [1.807, 2.05) is 0 Å². The van der Waals surface area contributed by atoms with Crippen molar-refractivity contribution in [2.24, 2.45) is 11.7 Å². The van der Waals surface area contributed by atoms with Gasteiger partial charge in [0.2, 0.25) is 0 Å². The van der Waals surface area contributed by atoms with Gasteiger partial charge in [0.1, 0.15) is 0 Å². The van der Waals surface area contributed by atoms with Crippen LogP contribution in [0.4, 0.5) is 0 Å². The third-order valence-corrected chi connectivity index (χ3v) is 5.80. The number of nitrogens with two attached hydrogens (primary N) is 1. The zero-order valence-electron chi connectivity index (χ0n) is 14.2. The van der Waals surface area contributed by atoms with Crippen LogP contribution in [-0.2, 0) is 12.8 Å². The van der Waals surface area contributed by atoms with Crippen LogP contribution in [0, 0.1) is 5.92 Å². The summed E-state index contributed by atoms with van der Waals surface area (Å²) in [4.78, 5) is 2.62. The summed E-state index contributed by atoms with van der Waals surface area (Å²) in [5.74, 6) is 1.34. The first-order valence-corrected chi connectivity index (χ1v) is 9.36. The zero-order valence-corrected chi connectivity index (χ0v) is 14.2. The second-order valence-corrected chi connectivity index (χ2v) is 7.26. The molecule has 2 nitrogen and oxygen atoms in total. The van der Waals surface area contributed by atoms with Gasteiger partial charge in [-0.05, 0) is 99.7 Å². The van der Waals surface area contributed by atoms with Crippen molar-refractivity contribution in [1.82, 2.24) is 4.90 Å². The largest absolute Gasteiger partial charge is 0.330 e. The molecule has 22 heavy (non-hydrogen) atoms. The molecule has 0 spiro atoms. The molecule has 1 aromatic rings. The monoisotopic (exact) mass is 300 g/mol. The van der Waals surface area contributed by atoms with E-state index in [9.17, 15) is 0 Å². The number of benzene rings is 1. The molecule has 1 saturated heterocycles. The molecule has 1 fully saturated rings. The molecule has 0 aromatic heterocycles. The molecule has 2 N–H and O–H groups in total. The Hall–Kier alpha value is -0.860. The number of fused-ring (bicyclic) bond motifs is 1. The summed E-state index contributed by atoms with van der Waals surface area (Å²) in [5, 5.41) is 0. The first kappa shape index (κ1) is 16.0. The maximum absolute atomic E-state index is 6.19. The summed E-state index contributed by atoms with van der Waals surface area (Å²) in [5.41, 5.74) is 10.9. The van der Waals surface area contributed by atoms with Crippen molar-refractivity contribution in [1.29, 1.82) is 0 Å². The van der Waals surface area contributed by atoms with Crippen LogP contribution in [0.2, 0.25) is 0 Å². The summed E-state index contributed by atoms with van der Waals surface area (Å²) in [7, 11) is 0. The van der Waals surface area contributed by atoms with E-state index in [0.29, 0.717) is 5.92 Å². The van der Waals surface area contributed by atoms with Crippen molar-refractivity contribution < 1.29 is 0 Å². The van der Waals surface area contributed by atoms with Gasteiger partial charge in [-0.15, -0.1) is 0 Å². The minimum atomic E-state index is 0.566. The third-order valence-electron chi connectivity index (χ3n) is 5.80. The van der Waals surface area contributed by atoms with E-state index in [-0.39, 0.29) is 0 Å². The molecule has 1 aromatic carbocycles. The van der Waals surface area contributed by atoms with E-state index in [0.717, 1.165) is 12.5 Å². The maximum Gasteiger partial charge on any atom is -0.000555 e. The van der Waals surface area contributed by atoms with E-state index in [4.69, 9.17) is 5.73 Å². The lowest BCUT2D eigenvalue weighted by atomic mass is 9.78.